The summed E-state index contributed by atoms with van der Waals surface area (Å²) in [6.07, 6.45) is 0. The Morgan fingerprint density at radius 3 is 2.53 bits per heavy atom. The molecule has 1 saturated heterocycles. The Hall–Kier alpha value is -3.32. The van der Waals surface area contributed by atoms with Crippen LogP contribution >= 0.6 is 0 Å². The Labute approximate surface area is 174 Å². The van der Waals surface area contributed by atoms with Gasteiger partial charge in [0.15, 0.2) is 23.0 Å². The first-order chi connectivity index (χ1) is 14.7. The highest BCUT2D eigenvalue weighted by Crippen LogP contribution is 2.33. The van der Waals surface area contributed by atoms with E-state index < -0.39 is 0 Å². The standard InChI is InChI=1S/C23H23N3O4/c1-16-2-5-18(6-3-16)21-13-19(24-30-21)23(27)26-10-8-25(9-11-26)14-17-4-7-20-22(12-17)29-15-28-20/h2-7,12-13H,8-11,14-15H2,1H3. The maximum Gasteiger partial charge on any atom is 0.276 e. The van der Waals surface area contributed by atoms with Crippen molar-refractivity contribution in [1.29, 1.82) is 0 Å². The minimum absolute atomic E-state index is 0.0835. The number of ether oxygens (including phenoxy) is 2. The highest BCUT2D eigenvalue weighted by Gasteiger charge is 2.25. The summed E-state index contributed by atoms with van der Waals surface area (Å²) in [6.45, 7) is 6.08. The van der Waals surface area contributed by atoms with Crippen LogP contribution in [0.1, 0.15) is 21.6 Å². The van der Waals surface area contributed by atoms with Crippen LogP contribution in [0.25, 0.3) is 11.3 Å². The fourth-order valence-electron chi connectivity index (χ4n) is 3.80. The Bertz CT molecular complexity index is 1050. The zero-order valence-electron chi connectivity index (χ0n) is 16.8. The average Bonchev–Trinajstić information content (AvgIpc) is 3.44. The van der Waals surface area contributed by atoms with Crippen molar-refractivity contribution in [2.45, 2.75) is 13.5 Å². The molecule has 1 aromatic heterocycles. The molecule has 0 unspecified atom stereocenters. The Morgan fingerprint density at radius 2 is 1.73 bits per heavy atom. The van der Waals surface area contributed by atoms with Gasteiger partial charge >= 0.3 is 0 Å². The third-order valence-corrected chi connectivity index (χ3v) is 5.57. The number of piperazine rings is 1. The summed E-state index contributed by atoms with van der Waals surface area (Å²) in [7, 11) is 0. The number of aromatic nitrogens is 1. The molecular weight excluding hydrogens is 382 g/mol. The lowest BCUT2D eigenvalue weighted by Gasteiger charge is -2.34. The van der Waals surface area contributed by atoms with Crippen LogP contribution in [0, 0.1) is 6.92 Å². The van der Waals surface area contributed by atoms with Gasteiger partial charge in [-0.1, -0.05) is 41.1 Å². The number of hydrogen-bond acceptors (Lipinski definition) is 6. The number of fused-ring (bicyclic) bond motifs is 1. The normalized spacial score (nSPS) is 16.1. The van der Waals surface area contributed by atoms with E-state index in [-0.39, 0.29) is 12.7 Å². The molecule has 1 amide bonds. The molecule has 0 N–H and O–H groups in total. The molecule has 3 heterocycles. The third-order valence-electron chi connectivity index (χ3n) is 5.57. The summed E-state index contributed by atoms with van der Waals surface area (Å²) in [6, 6.07) is 15.7. The van der Waals surface area contributed by atoms with E-state index in [2.05, 4.69) is 16.1 Å². The van der Waals surface area contributed by atoms with E-state index in [0.29, 0.717) is 24.5 Å². The van der Waals surface area contributed by atoms with Crippen LogP contribution in [0.5, 0.6) is 11.5 Å². The maximum absolute atomic E-state index is 12.8. The van der Waals surface area contributed by atoms with Gasteiger partial charge < -0.3 is 18.9 Å². The average molecular weight is 405 g/mol. The largest absolute Gasteiger partial charge is 0.454 e. The van der Waals surface area contributed by atoms with Crippen molar-refractivity contribution in [1.82, 2.24) is 15.0 Å². The molecule has 1 fully saturated rings. The molecule has 30 heavy (non-hydrogen) atoms. The monoisotopic (exact) mass is 405 g/mol. The Kier molecular flexibility index (Phi) is 4.88. The number of nitrogens with zero attached hydrogens (tertiary/aromatic N) is 3. The first-order valence-electron chi connectivity index (χ1n) is 10.1. The summed E-state index contributed by atoms with van der Waals surface area (Å²) in [5.74, 6) is 2.13. The smallest absolute Gasteiger partial charge is 0.276 e. The molecule has 3 aromatic rings. The van der Waals surface area contributed by atoms with Crippen LogP contribution in [-0.2, 0) is 6.54 Å². The van der Waals surface area contributed by atoms with Crippen LogP contribution in [0.3, 0.4) is 0 Å². The van der Waals surface area contributed by atoms with Gasteiger partial charge in [0.1, 0.15) is 0 Å². The van der Waals surface area contributed by atoms with Gasteiger partial charge in [-0.05, 0) is 24.6 Å². The number of benzene rings is 2. The van der Waals surface area contributed by atoms with E-state index in [9.17, 15) is 4.79 Å². The van der Waals surface area contributed by atoms with E-state index >= 15 is 0 Å². The van der Waals surface area contributed by atoms with Crippen molar-refractivity contribution >= 4 is 5.91 Å². The summed E-state index contributed by atoms with van der Waals surface area (Å²) in [5, 5.41) is 4.00. The van der Waals surface area contributed by atoms with Gasteiger partial charge in [0.05, 0.1) is 0 Å². The minimum Gasteiger partial charge on any atom is -0.454 e. The predicted octanol–water partition coefficient (Wildman–Crippen LogP) is 3.34. The highest BCUT2D eigenvalue weighted by atomic mass is 16.7. The van der Waals surface area contributed by atoms with Crippen molar-refractivity contribution < 1.29 is 18.8 Å². The van der Waals surface area contributed by atoms with Crippen molar-refractivity contribution in [3.63, 3.8) is 0 Å². The Morgan fingerprint density at radius 1 is 0.967 bits per heavy atom. The molecule has 2 aromatic carbocycles. The molecule has 2 aliphatic heterocycles. The van der Waals surface area contributed by atoms with E-state index in [1.165, 1.54) is 11.1 Å². The van der Waals surface area contributed by atoms with E-state index in [1.807, 2.05) is 48.2 Å². The highest BCUT2D eigenvalue weighted by molar-refractivity contribution is 5.93. The minimum atomic E-state index is -0.0835. The second-order valence-electron chi connectivity index (χ2n) is 7.70. The van der Waals surface area contributed by atoms with Crippen LogP contribution in [0.15, 0.2) is 53.1 Å². The van der Waals surface area contributed by atoms with E-state index in [0.717, 1.165) is 36.7 Å². The first-order valence-corrected chi connectivity index (χ1v) is 10.1. The summed E-state index contributed by atoms with van der Waals surface area (Å²) in [5.41, 5.74) is 3.63. The van der Waals surface area contributed by atoms with Gasteiger partial charge in [-0.25, -0.2) is 0 Å². The van der Waals surface area contributed by atoms with Crippen molar-refractivity contribution in [3.05, 3.63) is 65.4 Å². The fourth-order valence-corrected chi connectivity index (χ4v) is 3.80. The van der Waals surface area contributed by atoms with Gasteiger partial charge in [0.25, 0.3) is 5.91 Å². The maximum atomic E-state index is 12.8. The lowest BCUT2D eigenvalue weighted by Crippen LogP contribution is -2.48. The topological polar surface area (TPSA) is 68.0 Å². The molecule has 2 aliphatic rings. The second kappa shape index (κ2) is 7.84. The van der Waals surface area contributed by atoms with Gasteiger partial charge in [-0.2, -0.15) is 0 Å². The van der Waals surface area contributed by atoms with Gasteiger partial charge in [0.2, 0.25) is 6.79 Å². The Balaban J connectivity index is 1.18. The van der Waals surface area contributed by atoms with E-state index in [1.54, 1.807) is 6.07 Å². The van der Waals surface area contributed by atoms with Crippen molar-refractivity contribution in [2.75, 3.05) is 33.0 Å². The molecule has 0 atom stereocenters. The summed E-state index contributed by atoms with van der Waals surface area (Å²) >= 11 is 0. The molecule has 0 saturated carbocycles. The fraction of sp³-hybridized carbons (Fsp3) is 0.304. The van der Waals surface area contributed by atoms with Crippen LogP contribution < -0.4 is 9.47 Å². The lowest BCUT2D eigenvalue weighted by molar-refractivity contribution is 0.0618. The summed E-state index contributed by atoms with van der Waals surface area (Å²) < 4.78 is 16.2. The van der Waals surface area contributed by atoms with Crippen molar-refractivity contribution in [3.8, 4) is 22.8 Å². The number of hydrogen-bond donors (Lipinski definition) is 0. The number of aryl methyl sites for hydroxylation is 1. The quantitative estimate of drug-likeness (QED) is 0.663. The number of carbonyl (C=O) groups excluding carboxylic acids is 1. The first kappa shape index (κ1) is 18.7. The second-order valence-corrected chi connectivity index (χ2v) is 7.70. The number of rotatable bonds is 4. The molecule has 154 valence electrons. The number of carbonyl (C=O) groups is 1. The van der Waals surface area contributed by atoms with Crippen LogP contribution in [-0.4, -0.2) is 53.8 Å². The number of amides is 1. The summed E-state index contributed by atoms with van der Waals surface area (Å²) in [4.78, 5) is 17.0. The van der Waals surface area contributed by atoms with Gasteiger partial charge in [0, 0.05) is 44.4 Å². The van der Waals surface area contributed by atoms with E-state index in [4.69, 9.17) is 14.0 Å². The molecule has 7 heteroatoms. The van der Waals surface area contributed by atoms with Crippen LogP contribution in [0.2, 0.25) is 0 Å². The molecule has 0 radical (unpaired) electrons. The molecule has 0 spiro atoms. The molecule has 0 bridgehead atoms. The SMILES string of the molecule is Cc1ccc(-c2cc(C(=O)N3CCN(Cc4ccc5c(c4)OCO5)CC3)no2)cc1. The van der Waals surface area contributed by atoms with Gasteiger partial charge in [-0.15, -0.1) is 0 Å². The predicted molar refractivity (Wildman–Crippen MR) is 110 cm³/mol. The lowest BCUT2D eigenvalue weighted by atomic mass is 10.1. The van der Waals surface area contributed by atoms with Gasteiger partial charge in [-0.3, -0.25) is 9.69 Å². The molecular formula is C23H23N3O4. The van der Waals surface area contributed by atoms with Crippen molar-refractivity contribution in [2.24, 2.45) is 0 Å². The zero-order valence-corrected chi connectivity index (χ0v) is 16.8. The van der Waals surface area contributed by atoms with Crippen LogP contribution in [0.4, 0.5) is 0 Å². The molecule has 5 rings (SSSR count). The molecule has 0 aliphatic carbocycles. The third kappa shape index (κ3) is 3.76. The zero-order chi connectivity index (χ0) is 20.5. The molecule has 7 nitrogen and oxygen atoms in total.